The zero-order chi connectivity index (χ0) is 13.5. The van der Waals surface area contributed by atoms with Gasteiger partial charge in [0.25, 0.3) is 0 Å². The van der Waals surface area contributed by atoms with Gasteiger partial charge in [-0.25, -0.2) is 0 Å². The van der Waals surface area contributed by atoms with Gasteiger partial charge in [-0.2, -0.15) is 0 Å². The highest BCUT2D eigenvalue weighted by Crippen LogP contribution is 2.32. The zero-order valence-corrected chi connectivity index (χ0v) is 12.9. The number of aryl methyl sites for hydroxylation is 2. The number of methoxy groups -OCH3 is 1. The second kappa shape index (κ2) is 8.00. The van der Waals surface area contributed by atoms with Crippen molar-refractivity contribution in [1.29, 1.82) is 0 Å². The van der Waals surface area contributed by atoms with Gasteiger partial charge in [0.05, 0.1) is 19.8 Å². The van der Waals surface area contributed by atoms with Crippen LogP contribution in [0.15, 0.2) is 6.07 Å². The zero-order valence-electron chi connectivity index (χ0n) is 12.0. The third-order valence-electron chi connectivity index (χ3n) is 3.57. The Labute approximate surface area is 120 Å². The van der Waals surface area contributed by atoms with Gasteiger partial charge >= 0.3 is 0 Å². The van der Waals surface area contributed by atoms with Crippen molar-refractivity contribution in [3.63, 3.8) is 0 Å². The number of hydrogen-bond acceptors (Lipinski definition) is 4. The SMILES string of the molecule is COCCOCCNC(C)c1cc2c(s1)CCCC2. The molecule has 0 aliphatic heterocycles. The Bertz CT molecular complexity index is 355. The van der Waals surface area contributed by atoms with Gasteiger partial charge in [-0.1, -0.05) is 0 Å². The van der Waals surface area contributed by atoms with Crippen LogP contribution in [-0.4, -0.2) is 33.5 Å². The Morgan fingerprint density at radius 3 is 2.89 bits per heavy atom. The maximum Gasteiger partial charge on any atom is 0.0700 e. The summed E-state index contributed by atoms with van der Waals surface area (Å²) in [6.07, 6.45) is 5.28. The van der Waals surface area contributed by atoms with E-state index in [0.29, 0.717) is 19.3 Å². The molecule has 0 aromatic carbocycles. The Morgan fingerprint density at radius 2 is 2.11 bits per heavy atom. The van der Waals surface area contributed by atoms with E-state index in [4.69, 9.17) is 9.47 Å². The normalized spacial score (nSPS) is 16.3. The lowest BCUT2D eigenvalue weighted by molar-refractivity contribution is 0.0712. The summed E-state index contributed by atoms with van der Waals surface area (Å²) >= 11 is 1.99. The molecule has 2 rings (SSSR count). The van der Waals surface area contributed by atoms with Gasteiger partial charge < -0.3 is 14.8 Å². The van der Waals surface area contributed by atoms with Gasteiger partial charge in [0.2, 0.25) is 0 Å². The molecular formula is C15H25NO2S. The molecule has 0 radical (unpaired) electrons. The predicted molar refractivity (Wildman–Crippen MR) is 80.1 cm³/mol. The molecule has 1 aromatic rings. The summed E-state index contributed by atoms with van der Waals surface area (Å²) in [5.41, 5.74) is 1.59. The molecule has 0 spiro atoms. The number of thiophene rings is 1. The average molecular weight is 283 g/mol. The van der Waals surface area contributed by atoms with E-state index in [9.17, 15) is 0 Å². The molecule has 0 fully saturated rings. The van der Waals surface area contributed by atoms with Gasteiger partial charge in [0, 0.05) is 29.5 Å². The first-order chi connectivity index (χ1) is 9.31. The minimum absolute atomic E-state index is 0.432. The Balaban J connectivity index is 1.70. The standard InChI is InChI=1S/C15H25NO2S/c1-12(16-7-8-18-10-9-17-2)15-11-13-5-3-4-6-14(13)19-15/h11-12,16H,3-10H2,1-2H3. The minimum atomic E-state index is 0.432. The molecule has 1 aliphatic rings. The fourth-order valence-corrected chi connectivity index (χ4v) is 3.70. The molecule has 19 heavy (non-hydrogen) atoms. The fraction of sp³-hybridized carbons (Fsp3) is 0.733. The molecule has 4 heteroatoms. The summed E-state index contributed by atoms with van der Waals surface area (Å²) in [4.78, 5) is 3.09. The van der Waals surface area contributed by atoms with E-state index in [-0.39, 0.29) is 0 Å². The van der Waals surface area contributed by atoms with Crippen LogP contribution in [0.5, 0.6) is 0 Å². The summed E-state index contributed by atoms with van der Waals surface area (Å²) < 4.78 is 10.4. The molecule has 1 unspecified atom stereocenters. The summed E-state index contributed by atoms with van der Waals surface area (Å²) in [6, 6.07) is 2.84. The third kappa shape index (κ3) is 4.56. The Hall–Kier alpha value is -0.420. The van der Waals surface area contributed by atoms with E-state index in [2.05, 4.69) is 18.3 Å². The predicted octanol–water partition coefficient (Wildman–Crippen LogP) is 2.94. The van der Waals surface area contributed by atoms with E-state index < -0.39 is 0 Å². The van der Waals surface area contributed by atoms with Gasteiger partial charge in [-0.3, -0.25) is 0 Å². The first kappa shape index (κ1) is 15.0. The van der Waals surface area contributed by atoms with Gasteiger partial charge in [-0.15, -0.1) is 11.3 Å². The second-order valence-electron chi connectivity index (χ2n) is 5.09. The second-order valence-corrected chi connectivity index (χ2v) is 6.25. The van der Waals surface area contributed by atoms with Gasteiger partial charge in [-0.05, 0) is 44.2 Å². The Kier molecular flexibility index (Phi) is 6.31. The lowest BCUT2D eigenvalue weighted by atomic mass is 9.99. The van der Waals surface area contributed by atoms with Crippen LogP contribution in [0.3, 0.4) is 0 Å². The fourth-order valence-electron chi connectivity index (χ4n) is 2.42. The molecule has 3 nitrogen and oxygen atoms in total. The summed E-state index contributed by atoms with van der Waals surface area (Å²) in [5, 5.41) is 3.53. The third-order valence-corrected chi connectivity index (χ3v) is 4.99. The van der Waals surface area contributed by atoms with E-state index in [1.54, 1.807) is 17.6 Å². The van der Waals surface area contributed by atoms with E-state index >= 15 is 0 Å². The quantitative estimate of drug-likeness (QED) is 0.744. The van der Waals surface area contributed by atoms with Crippen LogP contribution < -0.4 is 5.32 Å². The molecule has 1 aromatic heterocycles. The maximum atomic E-state index is 5.46. The largest absolute Gasteiger partial charge is 0.382 e. The molecule has 1 atom stereocenters. The van der Waals surface area contributed by atoms with Crippen molar-refractivity contribution in [2.24, 2.45) is 0 Å². The molecule has 1 aliphatic carbocycles. The van der Waals surface area contributed by atoms with Crippen molar-refractivity contribution >= 4 is 11.3 Å². The first-order valence-electron chi connectivity index (χ1n) is 7.23. The van der Waals surface area contributed by atoms with E-state index in [1.165, 1.54) is 30.6 Å². The lowest BCUT2D eigenvalue weighted by Crippen LogP contribution is -2.23. The van der Waals surface area contributed by atoms with E-state index in [0.717, 1.165) is 13.2 Å². The van der Waals surface area contributed by atoms with Crippen LogP contribution in [0, 0.1) is 0 Å². The molecule has 108 valence electrons. The van der Waals surface area contributed by atoms with Crippen molar-refractivity contribution < 1.29 is 9.47 Å². The summed E-state index contributed by atoms with van der Waals surface area (Å²) in [6.45, 7) is 5.24. The maximum absolute atomic E-state index is 5.46. The monoisotopic (exact) mass is 283 g/mol. The van der Waals surface area contributed by atoms with Crippen LogP contribution in [0.1, 0.15) is 41.1 Å². The molecule has 0 bridgehead atoms. The molecule has 0 amide bonds. The first-order valence-corrected chi connectivity index (χ1v) is 8.04. The lowest BCUT2D eigenvalue weighted by Gasteiger charge is -2.12. The van der Waals surface area contributed by atoms with Gasteiger partial charge in [0.15, 0.2) is 0 Å². The number of hydrogen-bond donors (Lipinski definition) is 1. The smallest absolute Gasteiger partial charge is 0.0700 e. The van der Waals surface area contributed by atoms with Crippen molar-refractivity contribution in [3.8, 4) is 0 Å². The molecule has 1 heterocycles. The topological polar surface area (TPSA) is 30.5 Å². The molecular weight excluding hydrogens is 258 g/mol. The highest BCUT2D eigenvalue weighted by Gasteiger charge is 2.16. The van der Waals surface area contributed by atoms with Gasteiger partial charge in [0.1, 0.15) is 0 Å². The number of rotatable bonds is 8. The van der Waals surface area contributed by atoms with Crippen molar-refractivity contribution in [1.82, 2.24) is 5.32 Å². The van der Waals surface area contributed by atoms with Crippen LogP contribution in [-0.2, 0) is 22.3 Å². The average Bonchev–Trinajstić information content (AvgIpc) is 2.86. The Morgan fingerprint density at radius 1 is 1.26 bits per heavy atom. The molecule has 0 saturated heterocycles. The molecule has 0 saturated carbocycles. The van der Waals surface area contributed by atoms with Crippen molar-refractivity contribution in [2.75, 3.05) is 33.5 Å². The van der Waals surface area contributed by atoms with E-state index in [1.807, 2.05) is 11.3 Å². The summed E-state index contributed by atoms with van der Waals surface area (Å²) in [5.74, 6) is 0. The van der Waals surface area contributed by atoms with Crippen LogP contribution in [0.25, 0.3) is 0 Å². The highest BCUT2D eigenvalue weighted by molar-refractivity contribution is 7.12. The van der Waals surface area contributed by atoms with Crippen LogP contribution in [0.2, 0.25) is 0 Å². The minimum Gasteiger partial charge on any atom is -0.382 e. The summed E-state index contributed by atoms with van der Waals surface area (Å²) in [7, 11) is 1.70. The van der Waals surface area contributed by atoms with Crippen LogP contribution in [0.4, 0.5) is 0 Å². The molecule has 1 N–H and O–H groups in total. The number of nitrogens with one attached hydrogen (secondary N) is 1. The van der Waals surface area contributed by atoms with Crippen LogP contribution >= 0.6 is 11.3 Å². The number of ether oxygens (including phenoxy) is 2. The van der Waals surface area contributed by atoms with Crippen molar-refractivity contribution in [3.05, 3.63) is 21.4 Å². The highest BCUT2D eigenvalue weighted by atomic mass is 32.1. The van der Waals surface area contributed by atoms with Crippen molar-refractivity contribution in [2.45, 2.75) is 38.6 Å². The number of fused-ring (bicyclic) bond motifs is 1.